The van der Waals surface area contributed by atoms with Gasteiger partial charge in [-0.25, -0.2) is 8.42 Å². The van der Waals surface area contributed by atoms with Crippen LogP contribution < -0.4 is 0 Å². The SMILES string of the molecule is O=C(C1CCN(S(=O)(=O)/C=C/c2ccccc2)CC1)N1CCN(Cc2ccccn2)CC1. The Labute approximate surface area is 190 Å². The van der Waals surface area contributed by atoms with Crippen molar-refractivity contribution in [1.82, 2.24) is 19.1 Å². The summed E-state index contributed by atoms with van der Waals surface area (Å²) in [5.41, 5.74) is 1.89. The molecule has 170 valence electrons. The molecular weight excluding hydrogens is 424 g/mol. The number of rotatable bonds is 6. The van der Waals surface area contributed by atoms with E-state index < -0.39 is 10.0 Å². The number of aromatic nitrogens is 1. The molecule has 7 nitrogen and oxygen atoms in total. The van der Waals surface area contributed by atoms with E-state index in [0.717, 1.165) is 30.9 Å². The average molecular weight is 455 g/mol. The second kappa shape index (κ2) is 10.4. The normalized spacial score (nSPS) is 19.4. The van der Waals surface area contributed by atoms with Gasteiger partial charge in [0.25, 0.3) is 0 Å². The Morgan fingerprint density at radius 1 is 0.938 bits per heavy atom. The number of nitrogens with zero attached hydrogens (tertiary/aromatic N) is 4. The van der Waals surface area contributed by atoms with E-state index in [0.29, 0.717) is 39.0 Å². The van der Waals surface area contributed by atoms with Gasteiger partial charge in [0.1, 0.15) is 0 Å². The third-order valence-corrected chi connectivity index (χ3v) is 7.76. The first-order chi connectivity index (χ1) is 15.5. The van der Waals surface area contributed by atoms with Gasteiger partial charge in [0.2, 0.25) is 15.9 Å². The first kappa shape index (κ1) is 22.6. The molecule has 2 aromatic rings. The highest BCUT2D eigenvalue weighted by molar-refractivity contribution is 7.92. The smallest absolute Gasteiger partial charge is 0.236 e. The van der Waals surface area contributed by atoms with Crippen molar-refractivity contribution in [2.45, 2.75) is 19.4 Å². The first-order valence-electron chi connectivity index (χ1n) is 11.2. The second-order valence-corrected chi connectivity index (χ2v) is 10.2. The van der Waals surface area contributed by atoms with Crippen molar-refractivity contribution in [1.29, 1.82) is 0 Å². The zero-order valence-corrected chi connectivity index (χ0v) is 19.0. The lowest BCUT2D eigenvalue weighted by atomic mass is 9.96. The molecule has 2 fully saturated rings. The number of sulfonamides is 1. The monoisotopic (exact) mass is 454 g/mol. The van der Waals surface area contributed by atoms with Gasteiger partial charge in [-0.15, -0.1) is 0 Å². The molecule has 1 amide bonds. The molecule has 0 aliphatic carbocycles. The Morgan fingerprint density at radius 2 is 1.62 bits per heavy atom. The molecule has 0 saturated carbocycles. The van der Waals surface area contributed by atoms with E-state index in [1.54, 1.807) is 12.3 Å². The van der Waals surface area contributed by atoms with Gasteiger partial charge >= 0.3 is 0 Å². The van der Waals surface area contributed by atoms with Gasteiger partial charge in [-0.3, -0.25) is 14.7 Å². The molecule has 4 rings (SSSR count). The maximum Gasteiger partial charge on any atom is 0.236 e. The van der Waals surface area contributed by atoms with Crippen LogP contribution in [0.2, 0.25) is 0 Å². The van der Waals surface area contributed by atoms with Crippen LogP contribution in [0.5, 0.6) is 0 Å². The lowest BCUT2D eigenvalue weighted by Gasteiger charge is -2.38. The van der Waals surface area contributed by atoms with Crippen LogP contribution in [-0.2, 0) is 21.4 Å². The van der Waals surface area contributed by atoms with E-state index >= 15 is 0 Å². The third kappa shape index (κ3) is 5.82. The number of carbonyl (C=O) groups excluding carboxylic acids is 1. The first-order valence-corrected chi connectivity index (χ1v) is 12.7. The zero-order valence-electron chi connectivity index (χ0n) is 18.2. The topological polar surface area (TPSA) is 73.8 Å². The summed E-state index contributed by atoms with van der Waals surface area (Å²) in [5, 5.41) is 1.27. The zero-order chi connectivity index (χ0) is 22.4. The molecule has 0 atom stereocenters. The minimum Gasteiger partial charge on any atom is -0.340 e. The molecule has 0 bridgehead atoms. The molecule has 0 N–H and O–H groups in total. The van der Waals surface area contributed by atoms with E-state index in [4.69, 9.17) is 0 Å². The highest BCUT2D eigenvalue weighted by Crippen LogP contribution is 2.23. The minimum absolute atomic E-state index is 0.0955. The standard InChI is InChI=1S/C24H30N4O3S/c29-24(27-17-15-26(16-18-27)20-23-8-4-5-12-25-23)22-9-13-28(14-10-22)32(30,31)19-11-21-6-2-1-3-7-21/h1-8,11-12,19,22H,9-10,13-18,20H2/b19-11+. The second-order valence-electron chi connectivity index (χ2n) is 8.35. The van der Waals surface area contributed by atoms with Gasteiger partial charge in [-0.1, -0.05) is 36.4 Å². The van der Waals surface area contributed by atoms with Gasteiger partial charge in [0, 0.05) is 63.3 Å². The average Bonchev–Trinajstić information content (AvgIpc) is 2.84. The van der Waals surface area contributed by atoms with Crippen molar-refractivity contribution in [3.63, 3.8) is 0 Å². The molecule has 0 spiro atoms. The summed E-state index contributed by atoms with van der Waals surface area (Å²) in [6.45, 7) is 4.66. The van der Waals surface area contributed by atoms with Gasteiger partial charge in [0.15, 0.2) is 0 Å². The van der Waals surface area contributed by atoms with Crippen molar-refractivity contribution < 1.29 is 13.2 Å². The van der Waals surface area contributed by atoms with Crippen LogP contribution >= 0.6 is 0 Å². The number of piperazine rings is 1. The maximum atomic E-state index is 13.0. The summed E-state index contributed by atoms with van der Waals surface area (Å²) in [7, 11) is -3.48. The molecule has 2 saturated heterocycles. The van der Waals surface area contributed by atoms with Crippen molar-refractivity contribution in [3.8, 4) is 0 Å². The van der Waals surface area contributed by atoms with Crippen LogP contribution in [0.15, 0.2) is 60.1 Å². The number of amides is 1. The number of pyridine rings is 1. The largest absolute Gasteiger partial charge is 0.340 e. The quantitative estimate of drug-likeness (QED) is 0.670. The number of carbonyl (C=O) groups is 1. The van der Waals surface area contributed by atoms with E-state index in [9.17, 15) is 13.2 Å². The fraction of sp³-hybridized carbons (Fsp3) is 0.417. The highest BCUT2D eigenvalue weighted by Gasteiger charge is 2.33. The predicted molar refractivity (Wildman–Crippen MR) is 125 cm³/mol. The van der Waals surface area contributed by atoms with E-state index in [1.165, 1.54) is 9.71 Å². The minimum atomic E-state index is -3.48. The van der Waals surface area contributed by atoms with Crippen molar-refractivity contribution in [2.24, 2.45) is 5.92 Å². The van der Waals surface area contributed by atoms with Crippen molar-refractivity contribution in [3.05, 3.63) is 71.4 Å². The van der Waals surface area contributed by atoms with Crippen LogP contribution in [-0.4, -0.2) is 72.7 Å². The Balaban J connectivity index is 1.24. The van der Waals surface area contributed by atoms with Gasteiger partial charge < -0.3 is 4.90 Å². The lowest BCUT2D eigenvalue weighted by molar-refractivity contribution is -0.138. The Morgan fingerprint density at radius 3 is 2.28 bits per heavy atom. The number of hydrogen-bond donors (Lipinski definition) is 0. The van der Waals surface area contributed by atoms with E-state index in [1.807, 2.05) is 53.4 Å². The highest BCUT2D eigenvalue weighted by atomic mass is 32.2. The van der Waals surface area contributed by atoms with Crippen molar-refractivity contribution in [2.75, 3.05) is 39.3 Å². The molecule has 1 aromatic heterocycles. The summed E-state index contributed by atoms with van der Waals surface area (Å²) in [4.78, 5) is 21.6. The van der Waals surface area contributed by atoms with E-state index in [-0.39, 0.29) is 11.8 Å². The molecule has 3 heterocycles. The fourth-order valence-corrected chi connectivity index (χ4v) is 5.50. The van der Waals surface area contributed by atoms with Gasteiger partial charge in [-0.2, -0.15) is 4.31 Å². The molecule has 0 radical (unpaired) electrons. The van der Waals surface area contributed by atoms with Gasteiger partial charge in [-0.05, 0) is 36.6 Å². The molecule has 2 aliphatic heterocycles. The number of piperidine rings is 1. The summed E-state index contributed by atoms with van der Waals surface area (Å²) in [6, 6.07) is 15.3. The van der Waals surface area contributed by atoms with E-state index in [2.05, 4.69) is 9.88 Å². The van der Waals surface area contributed by atoms with Crippen LogP contribution in [0.25, 0.3) is 6.08 Å². The molecule has 2 aliphatic rings. The Hall–Kier alpha value is -2.55. The fourth-order valence-electron chi connectivity index (χ4n) is 4.28. The van der Waals surface area contributed by atoms with Crippen LogP contribution in [0.4, 0.5) is 0 Å². The summed E-state index contributed by atoms with van der Waals surface area (Å²) >= 11 is 0. The third-order valence-electron chi connectivity index (χ3n) is 6.19. The summed E-state index contributed by atoms with van der Waals surface area (Å²) in [6.07, 6.45) is 4.58. The van der Waals surface area contributed by atoms with Gasteiger partial charge in [0.05, 0.1) is 5.69 Å². The number of hydrogen-bond acceptors (Lipinski definition) is 5. The summed E-state index contributed by atoms with van der Waals surface area (Å²) in [5.74, 6) is 0.0706. The van der Waals surface area contributed by atoms with Crippen LogP contribution in [0.3, 0.4) is 0 Å². The Bertz CT molecular complexity index is 1010. The lowest BCUT2D eigenvalue weighted by Crippen LogP contribution is -2.51. The molecule has 8 heteroatoms. The molecule has 0 unspecified atom stereocenters. The predicted octanol–water partition coefficient (Wildman–Crippen LogP) is 2.44. The number of benzene rings is 1. The molecular formula is C24H30N4O3S. The maximum absolute atomic E-state index is 13.0. The van der Waals surface area contributed by atoms with Crippen molar-refractivity contribution >= 4 is 22.0 Å². The van der Waals surface area contributed by atoms with Crippen LogP contribution in [0, 0.1) is 5.92 Å². The Kier molecular flexibility index (Phi) is 7.34. The van der Waals surface area contributed by atoms with Crippen LogP contribution in [0.1, 0.15) is 24.1 Å². The molecule has 1 aromatic carbocycles. The summed E-state index contributed by atoms with van der Waals surface area (Å²) < 4.78 is 26.8. The molecule has 32 heavy (non-hydrogen) atoms.